The Morgan fingerprint density at radius 2 is 2.24 bits per heavy atom. The quantitative estimate of drug-likeness (QED) is 0.743. The fraction of sp³-hybridized carbons (Fsp3) is 0.636. The van der Waals surface area contributed by atoms with Crippen LogP contribution in [0.25, 0.3) is 0 Å². The van der Waals surface area contributed by atoms with E-state index in [-0.39, 0.29) is 5.91 Å². The second-order valence-electron chi connectivity index (χ2n) is 4.02. The number of rotatable bonds is 5. The molecule has 0 radical (unpaired) electrons. The molecule has 1 amide bonds. The van der Waals surface area contributed by atoms with E-state index in [0.29, 0.717) is 19.6 Å². The number of nitrogens with two attached hydrogens (primary N) is 1. The van der Waals surface area contributed by atoms with Crippen molar-refractivity contribution in [2.45, 2.75) is 20.4 Å². The van der Waals surface area contributed by atoms with Gasteiger partial charge in [-0.2, -0.15) is 5.10 Å². The Balaban J connectivity index is 2.88. The van der Waals surface area contributed by atoms with Gasteiger partial charge in [-0.1, -0.05) is 0 Å². The van der Waals surface area contributed by atoms with Crippen LogP contribution in [0.5, 0.6) is 0 Å². The molecule has 1 aromatic rings. The summed E-state index contributed by atoms with van der Waals surface area (Å²) in [5.41, 5.74) is 7.61. The van der Waals surface area contributed by atoms with E-state index in [1.165, 1.54) is 0 Å². The monoisotopic (exact) mass is 239 g/mol. The van der Waals surface area contributed by atoms with Gasteiger partial charge in [0.1, 0.15) is 5.82 Å². The minimum Gasteiger partial charge on any atom is -0.355 e. The van der Waals surface area contributed by atoms with Gasteiger partial charge in [0.15, 0.2) is 0 Å². The molecule has 1 rings (SSSR count). The predicted molar refractivity (Wildman–Crippen MR) is 67.8 cm³/mol. The van der Waals surface area contributed by atoms with Gasteiger partial charge in [0, 0.05) is 32.7 Å². The van der Waals surface area contributed by atoms with Crippen molar-refractivity contribution in [1.82, 2.24) is 15.1 Å². The molecule has 0 aliphatic carbocycles. The molecular weight excluding hydrogens is 218 g/mol. The molecule has 6 nitrogen and oxygen atoms in total. The average Bonchev–Trinajstić information content (AvgIpc) is 2.52. The van der Waals surface area contributed by atoms with Gasteiger partial charge >= 0.3 is 0 Å². The molecule has 6 heteroatoms. The number of hydrogen-bond acceptors (Lipinski definition) is 4. The Hall–Kier alpha value is -1.56. The number of likely N-dealkylation sites (N-methyl/N-ethyl adjacent to an activating group) is 2. The van der Waals surface area contributed by atoms with E-state index in [4.69, 9.17) is 5.73 Å². The molecule has 96 valence electrons. The van der Waals surface area contributed by atoms with Crippen molar-refractivity contribution in [2.75, 3.05) is 25.0 Å². The third-order valence-electron chi connectivity index (χ3n) is 2.63. The fourth-order valence-corrected chi connectivity index (χ4v) is 1.95. The van der Waals surface area contributed by atoms with Crippen LogP contribution >= 0.6 is 0 Å². The minimum absolute atomic E-state index is 0.00294. The second-order valence-corrected chi connectivity index (χ2v) is 4.02. The molecule has 0 bridgehead atoms. The molecule has 1 aromatic heterocycles. The van der Waals surface area contributed by atoms with E-state index in [1.807, 2.05) is 32.8 Å². The Labute approximate surface area is 102 Å². The molecule has 3 N–H and O–H groups in total. The highest BCUT2D eigenvalue weighted by Gasteiger charge is 2.17. The van der Waals surface area contributed by atoms with Crippen LogP contribution in [0.4, 0.5) is 5.82 Å². The zero-order valence-corrected chi connectivity index (χ0v) is 10.9. The topological polar surface area (TPSA) is 76.2 Å². The molecule has 0 aliphatic heterocycles. The van der Waals surface area contributed by atoms with E-state index >= 15 is 0 Å². The normalized spacial score (nSPS) is 10.4. The molecule has 1 heterocycles. The summed E-state index contributed by atoms with van der Waals surface area (Å²) in [6, 6.07) is 0. The summed E-state index contributed by atoms with van der Waals surface area (Å²) in [5.74, 6) is 0.896. The standard InChI is InChI=1S/C11H21N5O/c1-5-13-10(17)7-15(3)11-9(6-12)8(2)14-16(11)4/h5-7,12H2,1-4H3,(H,13,17). The van der Waals surface area contributed by atoms with Gasteiger partial charge in [-0.3, -0.25) is 9.48 Å². The van der Waals surface area contributed by atoms with Crippen LogP contribution in [-0.4, -0.2) is 35.8 Å². The number of amides is 1. The molecular formula is C11H21N5O. The number of nitrogens with zero attached hydrogens (tertiary/aromatic N) is 3. The third-order valence-corrected chi connectivity index (χ3v) is 2.63. The summed E-state index contributed by atoms with van der Waals surface area (Å²) in [4.78, 5) is 13.4. The average molecular weight is 239 g/mol. The van der Waals surface area contributed by atoms with Crippen LogP contribution in [0.1, 0.15) is 18.2 Å². The van der Waals surface area contributed by atoms with Crippen molar-refractivity contribution in [2.24, 2.45) is 12.8 Å². The Bertz CT molecular complexity index is 399. The summed E-state index contributed by atoms with van der Waals surface area (Å²) in [6.07, 6.45) is 0. The first-order chi connectivity index (χ1) is 8.01. The number of nitrogens with one attached hydrogen (secondary N) is 1. The largest absolute Gasteiger partial charge is 0.355 e. The van der Waals surface area contributed by atoms with Crippen LogP contribution in [-0.2, 0) is 18.4 Å². The Morgan fingerprint density at radius 1 is 1.59 bits per heavy atom. The maximum Gasteiger partial charge on any atom is 0.239 e. The number of anilines is 1. The lowest BCUT2D eigenvalue weighted by Gasteiger charge is -2.20. The molecule has 0 unspecified atom stereocenters. The van der Waals surface area contributed by atoms with E-state index in [2.05, 4.69) is 10.4 Å². The van der Waals surface area contributed by atoms with E-state index in [1.54, 1.807) is 4.68 Å². The minimum atomic E-state index is -0.00294. The van der Waals surface area contributed by atoms with Gasteiger partial charge in [0.2, 0.25) is 5.91 Å². The summed E-state index contributed by atoms with van der Waals surface area (Å²) < 4.78 is 1.76. The van der Waals surface area contributed by atoms with Gasteiger partial charge in [0.05, 0.1) is 12.2 Å². The molecule has 17 heavy (non-hydrogen) atoms. The number of aryl methyl sites for hydroxylation is 2. The smallest absolute Gasteiger partial charge is 0.239 e. The van der Waals surface area contributed by atoms with Crippen LogP contribution < -0.4 is 16.0 Å². The first-order valence-electron chi connectivity index (χ1n) is 5.71. The maximum absolute atomic E-state index is 11.5. The van der Waals surface area contributed by atoms with Crippen molar-refractivity contribution in [3.05, 3.63) is 11.3 Å². The van der Waals surface area contributed by atoms with Gasteiger partial charge in [-0.25, -0.2) is 0 Å². The van der Waals surface area contributed by atoms with Crippen molar-refractivity contribution in [3.63, 3.8) is 0 Å². The Kier molecular flexibility index (Phi) is 4.51. The molecule has 0 aliphatic rings. The molecule has 0 saturated carbocycles. The maximum atomic E-state index is 11.5. The van der Waals surface area contributed by atoms with E-state index in [9.17, 15) is 4.79 Å². The number of carbonyl (C=O) groups excluding carboxylic acids is 1. The fourth-order valence-electron chi connectivity index (χ4n) is 1.95. The first-order valence-corrected chi connectivity index (χ1v) is 5.71. The lowest BCUT2D eigenvalue weighted by molar-refractivity contribution is -0.119. The van der Waals surface area contributed by atoms with E-state index < -0.39 is 0 Å². The van der Waals surface area contributed by atoms with Gasteiger partial charge in [-0.15, -0.1) is 0 Å². The van der Waals surface area contributed by atoms with Crippen LogP contribution in [0, 0.1) is 6.92 Å². The lowest BCUT2D eigenvalue weighted by Crippen LogP contribution is -2.36. The number of hydrogen-bond donors (Lipinski definition) is 2. The van der Waals surface area contributed by atoms with Crippen LogP contribution in [0.15, 0.2) is 0 Å². The molecule has 0 spiro atoms. The summed E-state index contributed by atoms with van der Waals surface area (Å²) in [7, 11) is 3.72. The van der Waals surface area contributed by atoms with Crippen molar-refractivity contribution < 1.29 is 4.79 Å². The summed E-state index contributed by atoms with van der Waals surface area (Å²) in [6.45, 7) is 5.19. The highest BCUT2D eigenvalue weighted by molar-refractivity contribution is 5.81. The van der Waals surface area contributed by atoms with Crippen LogP contribution in [0.3, 0.4) is 0 Å². The summed E-state index contributed by atoms with van der Waals surface area (Å²) in [5, 5.41) is 7.09. The molecule has 0 fully saturated rings. The molecule has 0 atom stereocenters. The SMILES string of the molecule is CCNC(=O)CN(C)c1c(CN)c(C)nn1C. The Morgan fingerprint density at radius 3 is 2.76 bits per heavy atom. The number of carbonyl (C=O) groups is 1. The third kappa shape index (κ3) is 2.97. The molecule has 0 saturated heterocycles. The van der Waals surface area contributed by atoms with Gasteiger partial charge in [0.25, 0.3) is 0 Å². The van der Waals surface area contributed by atoms with E-state index in [0.717, 1.165) is 17.1 Å². The van der Waals surface area contributed by atoms with Gasteiger partial charge < -0.3 is 16.0 Å². The zero-order valence-electron chi connectivity index (χ0n) is 10.9. The highest BCUT2D eigenvalue weighted by Crippen LogP contribution is 2.21. The lowest BCUT2D eigenvalue weighted by atomic mass is 10.2. The van der Waals surface area contributed by atoms with Crippen molar-refractivity contribution >= 4 is 11.7 Å². The molecule has 0 aromatic carbocycles. The van der Waals surface area contributed by atoms with Crippen molar-refractivity contribution in [3.8, 4) is 0 Å². The second kappa shape index (κ2) is 5.67. The highest BCUT2D eigenvalue weighted by atomic mass is 16.2. The van der Waals surface area contributed by atoms with Gasteiger partial charge in [-0.05, 0) is 13.8 Å². The van der Waals surface area contributed by atoms with Crippen molar-refractivity contribution in [1.29, 1.82) is 0 Å². The van der Waals surface area contributed by atoms with Crippen LogP contribution in [0.2, 0.25) is 0 Å². The predicted octanol–water partition coefficient (Wildman–Crippen LogP) is -0.240. The summed E-state index contributed by atoms with van der Waals surface area (Å²) >= 11 is 0. The number of aromatic nitrogens is 2. The first kappa shape index (κ1) is 13.5. The zero-order chi connectivity index (χ0) is 13.0.